The molecule has 0 atom stereocenters. The van der Waals surface area contributed by atoms with E-state index in [0.29, 0.717) is 34.7 Å². The Morgan fingerprint density at radius 3 is 2.77 bits per heavy atom. The fraction of sp³-hybridized carbons (Fsp3) is 0.214. The molecule has 1 aromatic heterocycles. The normalized spacial score (nSPS) is 10.3. The zero-order chi connectivity index (χ0) is 15.9. The Hall–Kier alpha value is -1.89. The summed E-state index contributed by atoms with van der Waals surface area (Å²) in [7, 11) is 1.61. The summed E-state index contributed by atoms with van der Waals surface area (Å²) in [6.45, 7) is 1.12. The zero-order valence-corrected chi connectivity index (χ0v) is 13.3. The molecular weight excluding hydrogens is 327 g/mol. The predicted molar refractivity (Wildman–Crippen MR) is 86.8 cm³/mol. The van der Waals surface area contributed by atoms with E-state index in [1.165, 1.54) is 6.33 Å². The van der Waals surface area contributed by atoms with Crippen LogP contribution in [0.25, 0.3) is 0 Å². The van der Waals surface area contributed by atoms with E-state index >= 15 is 0 Å². The molecule has 0 aliphatic carbocycles. The third kappa shape index (κ3) is 4.56. The zero-order valence-electron chi connectivity index (χ0n) is 11.8. The van der Waals surface area contributed by atoms with Crippen LogP contribution in [0.3, 0.4) is 0 Å². The van der Waals surface area contributed by atoms with Gasteiger partial charge in [-0.05, 0) is 18.2 Å². The van der Waals surface area contributed by atoms with Crippen molar-refractivity contribution in [2.45, 2.75) is 0 Å². The predicted octanol–water partition coefficient (Wildman–Crippen LogP) is 3.09. The first-order valence-electron chi connectivity index (χ1n) is 6.41. The van der Waals surface area contributed by atoms with Gasteiger partial charge in [0.05, 0.1) is 16.7 Å². The number of ether oxygens (including phenoxy) is 1. The maximum Gasteiger partial charge on any atom is 0.274 e. The van der Waals surface area contributed by atoms with E-state index in [4.69, 9.17) is 27.9 Å². The maximum atomic E-state index is 12.2. The molecule has 6 nitrogen and oxygen atoms in total. The van der Waals surface area contributed by atoms with E-state index in [1.807, 2.05) is 0 Å². The molecule has 0 fully saturated rings. The molecule has 2 rings (SSSR count). The van der Waals surface area contributed by atoms with Crippen molar-refractivity contribution in [1.29, 1.82) is 0 Å². The highest BCUT2D eigenvalue weighted by atomic mass is 35.5. The molecule has 0 unspecified atom stereocenters. The van der Waals surface area contributed by atoms with Gasteiger partial charge in [0.1, 0.15) is 17.8 Å². The molecule has 0 spiro atoms. The molecule has 1 amide bonds. The fourth-order valence-corrected chi connectivity index (χ4v) is 1.93. The average molecular weight is 341 g/mol. The average Bonchev–Trinajstić information content (AvgIpc) is 2.51. The number of carbonyl (C=O) groups is 1. The molecule has 0 saturated heterocycles. The van der Waals surface area contributed by atoms with Crippen LogP contribution in [-0.2, 0) is 4.74 Å². The lowest BCUT2D eigenvalue weighted by molar-refractivity contribution is 0.102. The lowest BCUT2D eigenvalue weighted by atomic mass is 10.3. The Morgan fingerprint density at radius 1 is 1.23 bits per heavy atom. The molecule has 2 N–H and O–H groups in total. The summed E-state index contributed by atoms with van der Waals surface area (Å²) in [6, 6.07) is 6.39. The van der Waals surface area contributed by atoms with E-state index in [0.717, 1.165) is 0 Å². The SMILES string of the molecule is COCCNc1cc(C(=O)Nc2ccc(Cl)c(Cl)c2)ncn1. The molecular formula is C14H14Cl2N4O2. The van der Waals surface area contributed by atoms with Crippen LogP contribution in [-0.4, -0.2) is 36.1 Å². The summed E-state index contributed by atoms with van der Waals surface area (Å²) in [4.78, 5) is 20.1. The van der Waals surface area contributed by atoms with Crippen molar-refractivity contribution < 1.29 is 9.53 Å². The fourth-order valence-electron chi connectivity index (χ4n) is 1.63. The number of hydrogen-bond acceptors (Lipinski definition) is 5. The van der Waals surface area contributed by atoms with Gasteiger partial charge in [-0.1, -0.05) is 23.2 Å². The topological polar surface area (TPSA) is 76.1 Å². The third-order valence-electron chi connectivity index (χ3n) is 2.69. The van der Waals surface area contributed by atoms with Gasteiger partial charge in [-0.3, -0.25) is 4.79 Å². The molecule has 0 saturated carbocycles. The van der Waals surface area contributed by atoms with Gasteiger partial charge in [0.2, 0.25) is 0 Å². The second-order valence-electron chi connectivity index (χ2n) is 4.29. The molecule has 1 aromatic carbocycles. The van der Waals surface area contributed by atoms with Crippen molar-refractivity contribution in [2.24, 2.45) is 0 Å². The van der Waals surface area contributed by atoms with Gasteiger partial charge in [0.25, 0.3) is 5.91 Å². The lowest BCUT2D eigenvalue weighted by Gasteiger charge is -2.08. The molecule has 116 valence electrons. The standard InChI is InChI=1S/C14H14Cl2N4O2/c1-22-5-4-17-13-7-12(18-8-19-13)14(21)20-9-2-3-10(15)11(16)6-9/h2-3,6-8H,4-5H2,1H3,(H,20,21)(H,17,18,19). The van der Waals surface area contributed by atoms with Gasteiger partial charge in [-0.2, -0.15) is 0 Å². The number of nitrogens with one attached hydrogen (secondary N) is 2. The number of benzene rings is 1. The number of methoxy groups -OCH3 is 1. The number of halogens is 2. The van der Waals surface area contributed by atoms with E-state index in [-0.39, 0.29) is 11.6 Å². The summed E-state index contributed by atoms with van der Waals surface area (Å²) in [6.07, 6.45) is 1.32. The minimum atomic E-state index is -0.365. The quantitative estimate of drug-likeness (QED) is 0.790. The van der Waals surface area contributed by atoms with E-state index in [2.05, 4.69) is 20.6 Å². The van der Waals surface area contributed by atoms with Gasteiger partial charge in [0.15, 0.2) is 0 Å². The molecule has 0 bridgehead atoms. The first-order valence-corrected chi connectivity index (χ1v) is 7.17. The molecule has 8 heteroatoms. The second kappa shape index (κ2) is 7.93. The highest BCUT2D eigenvalue weighted by molar-refractivity contribution is 6.42. The maximum absolute atomic E-state index is 12.2. The van der Waals surface area contributed by atoms with Gasteiger partial charge in [-0.15, -0.1) is 0 Å². The number of aromatic nitrogens is 2. The van der Waals surface area contributed by atoms with E-state index in [9.17, 15) is 4.79 Å². The van der Waals surface area contributed by atoms with Gasteiger partial charge < -0.3 is 15.4 Å². The number of rotatable bonds is 6. The van der Waals surface area contributed by atoms with Crippen molar-refractivity contribution >= 4 is 40.6 Å². The molecule has 0 aliphatic rings. The highest BCUT2D eigenvalue weighted by Crippen LogP contribution is 2.25. The summed E-state index contributed by atoms with van der Waals surface area (Å²) >= 11 is 11.7. The van der Waals surface area contributed by atoms with Crippen molar-refractivity contribution in [3.63, 3.8) is 0 Å². The van der Waals surface area contributed by atoms with Crippen LogP contribution in [0.2, 0.25) is 10.0 Å². The summed E-state index contributed by atoms with van der Waals surface area (Å²) in [5.74, 6) is 0.182. The monoisotopic (exact) mass is 340 g/mol. The number of hydrogen-bond donors (Lipinski definition) is 2. The van der Waals surface area contributed by atoms with Crippen molar-refractivity contribution in [3.8, 4) is 0 Å². The van der Waals surface area contributed by atoms with Gasteiger partial charge in [-0.25, -0.2) is 9.97 Å². The summed E-state index contributed by atoms with van der Waals surface area (Å²) in [5.41, 5.74) is 0.771. The largest absolute Gasteiger partial charge is 0.383 e. The van der Waals surface area contributed by atoms with Crippen molar-refractivity contribution in [2.75, 3.05) is 30.9 Å². The van der Waals surface area contributed by atoms with Crippen LogP contribution in [0, 0.1) is 0 Å². The van der Waals surface area contributed by atoms with Crippen LogP contribution in [0.1, 0.15) is 10.5 Å². The van der Waals surface area contributed by atoms with Crippen LogP contribution < -0.4 is 10.6 Å². The Labute approximate surface area is 137 Å². The minimum absolute atomic E-state index is 0.237. The molecule has 0 radical (unpaired) electrons. The summed E-state index contributed by atoms with van der Waals surface area (Å²) in [5, 5.41) is 6.51. The van der Waals surface area contributed by atoms with Crippen LogP contribution in [0.5, 0.6) is 0 Å². The molecule has 2 aromatic rings. The van der Waals surface area contributed by atoms with E-state index < -0.39 is 0 Å². The molecule has 22 heavy (non-hydrogen) atoms. The number of carbonyl (C=O) groups excluding carboxylic acids is 1. The number of anilines is 2. The lowest BCUT2D eigenvalue weighted by Crippen LogP contribution is -2.15. The van der Waals surface area contributed by atoms with Gasteiger partial charge in [0, 0.05) is 25.4 Å². The Bertz CT molecular complexity index is 667. The number of nitrogens with zero attached hydrogens (tertiary/aromatic N) is 2. The van der Waals surface area contributed by atoms with Gasteiger partial charge >= 0.3 is 0 Å². The molecule has 1 heterocycles. The smallest absolute Gasteiger partial charge is 0.274 e. The van der Waals surface area contributed by atoms with Crippen LogP contribution in [0.15, 0.2) is 30.6 Å². The first kappa shape index (κ1) is 16.5. The van der Waals surface area contributed by atoms with Crippen molar-refractivity contribution in [3.05, 3.63) is 46.3 Å². The Balaban J connectivity index is 2.05. The highest BCUT2D eigenvalue weighted by Gasteiger charge is 2.10. The minimum Gasteiger partial charge on any atom is -0.383 e. The van der Waals surface area contributed by atoms with E-state index in [1.54, 1.807) is 31.4 Å². The number of amides is 1. The Kier molecular flexibility index (Phi) is 5.94. The molecule has 0 aliphatic heterocycles. The second-order valence-corrected chi connectivity index (χ2v) is 5.11. The van der Waals surface area contributed by atoms with Crippen LogP contribution >= 0.6 is 23.2 Å². The van der Waals surface area contributed by atoms with Crippen LogP contribution in [0.4, 0.5) is 11.5 Å². The summed E-state index contributed by atoms with van der Waals surface area (Å²) < 4.78 is 4.93. The third-order valence-corrected chi connectivity index (χ3v) is 3.43. The first-order chi connectivity index (χ1) is 10.6. The van der Waals surface area contributed by atoms with Crippen molar-refractivity contribution in [1.82, 2.24) is 9.97 Å². The Morgan fingerprint density at radius 2 is 2.05 bits per heavy atom.